The predicted molar refractivity (Wildman–Crippen MR) is 59.1 cm³/mol. The summed E-state index contributed by atoms with van der Waals surface area (Å²) in [4.78, 5) is 13.1. The topological polar surface area (TPSA) is 52.6 Å². The van der Waals surface area contributed by atoms with Crippen LogP contribution >= 0.6 is 0 Å². The minimum absolute atomic E-state index is 0.0481. The van der Waals surface area contributed by atoms with Gasteiger partial charge in [-0.15, -0.1) is 0 Å². The SMILES string of the molecule is CN(CCO)c1ccc2c(c1)CC(=O)N2. The van der Waals surface area contributed by atoms with Crippen LogP contribution in [-0.4, -0.2) is 31.2 Å². The van der Waals surface area contributed by atoms with Gasteiger partial charge in [0.1, 0.15) is 0 Å². The average Bonchev–Trinajstić information content (AvgIpc) is 2.57. The molecule has 0 aliphatic carbocycles. The highest BCUT2D eigenvalue weighted by Gasteiger charge is 2.17. The molecule has 1 aliphatic rings. The van der Waals surface area contributed by atoms with E-state index in [4.69, 9.17) is 5.11 Å². The molecule has 0 radical (unpaired) electrons. The number of aliphatic hydroxyl groups excluding tert-OH is 1. The lowest BCUT2D eigenvalue weighted by atomic mass is 10.1. The Balaban J connectivity index is 2.23. The zero-order chi connectivity index (χ0) is 10.8. The van der Waals surface area contributed by atoms with Crippen LogP contribution in [0, 0.1) is 0 Å². The molecule has 0 spiro atoms. The molecule has 4 nitrogen and oxygen atoms in total. The third kappa shape index (κ3) is 1.94. The van der Waals surface area contributed by atoms with Gasteiger partial charge in [-0.2, -0.15) is 0 Å². The highest BCUT2D eigenvalue weighted by Crippen LogP contribution is 2.27. The lowest BCUT2D eigenvalue weighted by Crippen LogP contribution is -2.21. The van der Waals surface area contributed by atoms with Gasteiger partial charge in [0.05, 0.1) is 13.0 Å². The van der Waals surface area contributed by atoms with Gasteiger partial charge >= 0.3 is 0 Å². The molecule has 1 amide bonds. The second kappa shape index (κ2) is 3.90. The Hall–Kier alpha value is -1.55. The van der Waals surface area contributed by atoms with E-state index in [2.05, 4.69) is 5.32 Å². The standard InChI is InChI=1S/C11H14N2O2/c1-13(4-5-14)9-2-3-10-8(6-9)7-11(15)12-10/h2-3,6,14H,4-5,7H2,1H3,(H,12,15). The molecular weight excluding hydrogens is 192 g/mol. The van der Waals surface area contributed by atoms with E-state index in [1.54, 1.807) is 0 Å². The largest absolute Gasteiger partial charge is 0.395 e. The Bertz CT molecular complexity index is 390. The Kier molecular flexibility index (Phi) is 2.60. The maximum absolute atomic E-state index is 11.1. The first-order chi connectivity index (χ1) is 7.20. The summed E-state index contributed by atoms with van der Waals surface area (Å²) in [6.07, 6.45) is 0.455. The van der Waals surface area contributed by atoms with Gasteiger partial charge in [-0.05, 0) is 23.8 Å². The summed E-state index contributed by atoms with van der Waals surface area (Å²) in [6, 6.07) is 5.84. The van der Waals surface area contributed by atoms with E-state index >= 15 is 0 Å². The molecule has 1 aliphatic heterocycles. The van der Waals surface area contributed by atoms with Gasteiger partial charge < -0.3 is 15.3 Å². The Labute approximate surface area is 88.5 Å². The van der Waals surface area contributed by atoms with Gasteiger partial charge in [0.25, 0.3) is 0 Å². The number of fused-ring (bicyclic) bond motifs is 1. The van der Waals surface area contributed by atoms with Crippen molar-refractivity contribution in [2.24, 2.45) is 0 Å². The van der Waals surface area contributed by atoms with E-state index in [1.165, 1.54) is 0 Å². The number of carbonyl (C=O) groups is 1. The number of hydrogen-bond acceptors (Lipinski definition) is 3. The van der Waals surface area contributed by atoms with Crippen LogP contribution in [0.25, 0.3) is 0 Å². The number of aliphatic hydroxyl groups is 1. The van der Waals surface area contributed by atoms with E-state index < -0.39 is 0 Å². The highest BCUT2D eigenvalue weighted by atomic mass is 16.3. The average molecular weight is 206 g/mol. The first-order valence-electron chi connectivity index (χ1n) is 4.95. The molecule has 0 saturated carbocycles. The quantitative estimate of drug-likeness (QED) is 0.762. The molecule has 1 aromatic rings. The predicted octanol–water partition coefficient (Wildman–Crippen LogP) is 0.610. The number of amides is 1. The fraction of sp³-hybridized carbons (Fsp3) is 0.364. The van der Waals surface area contributed by atoms with Crippen LogP contribution in [-0.2, 0) is 11.2 Å². The Morgan fingerprint density at radius 3 is 3.07 bits per heavy atom. The molecule has 0 saturated heterocycles. The van der Waals surface area contributed by atoms with Gasteiger partial charge in [-0.1, -0.05) is 0 Å². The van der Waals surface area contributed by atoms with Crippen LogP contribution in [0.15, 0.2) is 18.2 Å². The fourth-order valence-corrected chi connectivity index (χ4v) is 1.73. The maximum Gasteiger partial charge on any atom is 0.228 e. The minimum atomic E-state index is 0.0481. The molecule has 0 aromatic heterocycles. The number of benzene rings is 1. The summed E-state index contributed by atoms with van der Waals surface area (Å²) < 4.78 is 0. The summed E-state index contributed by atoms with van der Waals surface area (Å²) in [5, 5.41) is 11.6. The van der Waals surface area contributed by atoms with Crippen LogP contribution in [0.4, 0.5) is 11.4 Å². The molecule has 15 heavy (non-hydrogen) atoms. The number of rotatable bonds is 3. The molecule has 0 fully saturated rings. The van der Waals surface area contributed by atoms with Crippen LogP contribution in [0.1, 0.15) is 5.56 Å². The first-order valence-corrected chi connectivity index (χ1v) is 4.95. The molecule has 4 heteroatoms. The first kappa shape index (κ1) is 9.98. The second-order valence-corrected chi connectivity index (χ2v) is 3.71. The van der Waals surface area contributed by atoms with E-state index in [0.29, 0.717) is 13.0 Å². The molecule has 0 unspecified atom stereocenters. The van der Waals surface area contributed by atoms with Crippen molar-refractivity contribution in [3.63, 3.8) is 0 Å². The van der Waals surface area contributed by atoms with Crippen molar-refractivity contribution in [1.29, 1.82) is 0 Å². The zero-order valence-corrected chi connectivity index (χ0v) is 8.66. The molecule has 1 aromatic carbocycles. The van der Waals surface area contributed by atoms with Gasteiger partial charge in [0.2, 0.25) is 5.91 Å². The van der Waals surface area contributed by atoms with E-state index in [9.17, 15) is 4.79 Å². The Morgan fingerprint density at radius 1 is 1.53 bits per heavy atom. The summed E-state index contributed by atoms with van der Waals surface area (Å²) >= 11 is 0. The second-order valence-electron chi connectivity index (χ2n) is 3.71. The van der Waals surface area contributed by atoms with Crippen LogP contribution in [0.5, 0.6) is 0 Å². The summed E-state index contributed by atoms with van der Waals surface area (Å²) in [5.41, 5.74) is 2.96. The fourth-order valence-electron chi connectivity index (χ4n) is 1.73. The van der Waals surface area contributed by atoms with Crippen LogP contribution in [0.2, 0.25) is 0 Å². The number of nitrogens with zero attached hydrogens (tertiary/aromatic N) is 1. The molecule has 0 atom stereocenters. The van der Waals surface area contributed by atoms with Gasteiger partial charge in [0.15, 0.2) is 0 Å². The molecule has 80 valence electrons. The number of hydrogen-bond donors (Lipinski definition) is 2. The molecular formula is C11H14N2O2. The number of likely N-dealkylation sites (N-methyl/N-ethyl adjacent to an activating group) is 1. The maximum atomic E-state index is 11.1. The highest BCUT2D eigenvalue weighted by molar-refractivity contribution is 5.99. The molecule has 2 N–H and O–H groups in total. The third-order valence-electron chi connectivity index (χ3n) is 2.59. The summed E-state index contributed by atoms with van der Waals surface area (Å²) in [7, 11) is 1.92. The van der Waals surface area contributed by atoms with Crippen molar-refractivity contribution in [3.8, 4) is 0 Å². The normalized spacial score (nSPS) is 13.6. The van der Waals surface area contributed by atoms with Crippen LogP contribution in [0.3, 0.4) is 0 Å². The molecule has 2 rings (SSSR count). The Morgan fingerprint density at radius 2 is 2.33 bits per heavy atom. The van der Waals surface area contributed by atoms with Crippen molar-refractivity contribution in [2.75, 3.05) is 30.4 Å². The molecule has 1 heterocycles. The minimum Gasteiger partial charge on any atom is -0.395 e. The number of anilines is 2. The van der Waals surface area contributed by atoms with Gasteiger partial charge in [0, 0.05) is 25.0 Å². The van der Waals surface area contributed by atoms with Crippen LogP contribution < -0.4 is 10.2 Å². The smallest absolute Gasteiger partial charge is 0.228 e. The summed E-state index contributed by atoms with van der Waals surface area (Å²) in [5.74, 6) is 0.0481. The van der Waals surface area contributed by atoms with Crippen molar-refractivity contribution >= 4 is 17.3 Å². The van der Waals surface area contributed by atoms with Crippen molar-refractivity contribution in [3.05, 3.63) is 23.8 Å². The molecule has 0 bridgehead atoms. The van der Waals surface area contributed by atoms with E-state index in [-0.39, 0.29) is 12.5 Å². The van der Waals surface area contributed by atoms with Gasteiger partial charge in [-0.3, -0.25) is 4.79 Å². The lowest BCUT2D eigenvalue weighted by molar-refractivity contribution is -0.115. The number of nitrogens with one attached hydrogen (secondary N) is 1. The van der Waals surface area contributed by atoms with Crippen molar-refractivity contribution in [1.82, 2.24) is 0 Å². The summed E-state index contributed by atoms with van der Waals surface area (Å²) in [6.45, 7) is 0.727. The zero-order valence-electron chi connectivity index (χ0n) is 8.66. The lowest BCUT2D eigenvalue weighted by Gasteiger charge is -2.18. The van der Waals surface area contributed by atoms with Crippen molar-refractivity contribution < 1.29 is 9.90 Å². The van der Waals surface area contributed by atoms with E-state index in [0.717, 1.165) is 16.9 Å². The van der Waals surface area contributed by atoms with Crippen molar-refractivity contribution in [2.45, 2.75) is 6.42 Å². The number of carbonyl (C=O) groups excluding carboxylic acids is 1. The monoisotopic (exact) mass is 206 g/mol. The van der Waals surface area contributed by atoms with Gasteiger partial charge in [-0.25, -0.2) is 0 Å². The third-order valence-corrected chi connectivity index (χ3v) is 2.59. The van der Waals surface area contributed by atoms with E-state index in [1.807, 2.05) is 30.1 Å².